The third kappa shape index (κ3) is 3.32. The zero-order valence-electron chi connectivity index (χ0n) is 8.71. The molecule has 2 amide bonds. The molecule has 0 heterocycles. The van der Waals surface area contributed by atoms with E-state index >= 15 is 0 Å². The fourth-order valence-electron chi connectivity index (χ4n) is 1.10. The van der Waals surface area contributed by atoms with Gasteiger partial charge in [0.15, 0.2) is 0 Å². The first kappa shape index (κ1) is 12.1. The molecule has 0 aliphatic heterocycles. The molecule has 0 spiro atoms. The second kappa shape index (κ2) is 5.22. The number of carbonyl (C=O) groups is 2. The predicted octanol–water partition coefficient (Wildman–Crippen LogP) is 0.681. The standard InChI is InChI=1S/C10H12FN3O2/c1-6(15)13-7-2-3-8(11)9(4-7)14-10(16)5-12/h2-4H,5,12H2,1H3,(H,13,15)(H,14,16). The third-order valence-corrected chi connectivity index (χ3v) is 1.75. The molecule has 5 nitrogen and oxygen atoms in total. The van der Waals surface area contributed by atoms with Crippen molar-refractivity contribution < 1.29 is 14.0 Å². The number of amides is 2. The van der Waals surface area contributed by atoms with Crippen LogP contribution in [0.4, 0.5) is 15.8 Å². The second-order valence-electron chi connectivity index (χ2n) is 3.13. The van der Waals surface area contributed by atoms with Gasteiger partial charge in [-0.05, 0) is 18.2 Å². The van der Waals surface area contributed by atoms with Crippen molar-refractivity contribution in [1.82, 2.24) is 0 Å². The van der Waals surface area contributed by atoms with Crippen LogP contribution in [0.3, 0.4) is 0 Å². The van der Waals surface area contributed by atoms with Crippen molar-refractivity contribution in [2.24, 2.45) is 5.73 Å². The number of carbonyl (C=O) groups excluding carboxylic acids is 2. The van der Waals surface area contributed by atoms with Crippen molar-refractivity contribution in [2.45, 2.75) is 6.92 Å². The van der Waals surface area contributed by atoms with Crippen LogP contribution in [0.2, 0.25) is 0 Å². The average Bonchev–Trinajstić information content (AvgIpc) is 2.22. The van der Waals surface area contributed by atoms with E-state index in [0.29, 0.717) is 5.69 Å². The fourth-order valence-corrected chi connectivity index (χ4v) is 1.10. The Morgan fingerprint density at radius 2 is 2.06 bits per heavy atom. The van der Waals surface area contributed by atoms with Crippen LogP contribution in [0.25, 0.3) is 0 Å². The summed E-state index contributed by atoms with van der Waals surface area (Å²) in [5.41, 5.74) is 5.48. The van der Waals surface area contributed by atoms with Gasteiger partial charge in [-0.2, -0.15) is 0 Å². The summed E-state index contributed by atoms with van der Waals surface area (Å²) in [6, 6.07) is 3.87. The Kier molecular flexibility index (Phi) is 3.96. The second-order valence-corrected chi connectivity index (χ2v) is 3.13. The van der Waals surface area contributed by atoms with E-state index in [9.17, 15) is 14.0 Å². The van der Waals surface area contributed by atoms with E-state index in [4.69, 9.17) is 5.73 Å². The van der Waals surface area contributed by atoms with Gasteiger partial charge in [-0.3, -0.25) is 9.59 Å². The van der Waals surface area contributed by atoms with Crippen molar-refractivity contribution in [1.29, 1.82) is 0 Å². The highest BCUT2D eigenvalue weighted by molar-refractivity contribution is 5.94. The van der Waals surface area contributed by atoms with Gasteiger partial charge in [-0.15, -0.1) is 0 Å². The van der Waals surface area contributed by atoms with Crippen LogP contribution in [0, 0.1) is 5.82 Å². The van der Waals surface area contributed by atoms with Crippen LogP contribution < -0.4 is 16.4 Å². The minimum Gasteiger partial charge on any atom is -0.326 e. The van der Waals surface area contributed by atoms with Crippen molar-refractivity contribution >= 4 is 23.2 Å². The van der Waals surface area contributed by atoms with Crippen LogP contribution in [-0.2, 0) is 9.59 Å². The first-order chi connectivity index (χ1) is 7.52. The molecule has 1 aromatic carbocycles. The van der Waals surface area contributed by atoms with Crippen LogP contribution in [-0.4, -0.2) is 18.4 Å². The molecule has 0 bridgehead atoms. The summed E-state index contributed by atoms with van der Waals surface area (Å²) in [4.78, 5) is 21.8. The van der Waals surface area contributed by atoms with Crippen LogP contribution >= 0.6 is 0 Å². The van der Waals surface area contributed by atoms with E-state index in [1.165, 1.54) is 19.1 Å². The molecule has 0 aromatic heterocycles. The minimum atomic E-state index is -0.587. The van der Waals surface area contributed by atoms with Gasteiger partial charge in [0.2, 0.25) is 11.8 Å². The van der Waals surface area contributed by atoms with E-state index in [0.717, 1.165) is 6.07 Å². The predicted molar refractivity (Wildman–Crippen MR) is 58.4 cm³/mol. The van der Waals surface area contributed by atoms with Gasteiger partial charge in [0.05, 0.1) is 12.2 Å². The van der Waals surface area contributed by atoms with Crippen molar-refractivity contribution in [3.63, 3.8) is 0 Å². The first-order valence-electron chi connectivity index (χ1n) is 4.60. The van der Waals surface area contributed by atoms with E-state index in [1.54, 1.807) is 0 Å². The lowest BCUT2D eigenvalue weighted by Crippen LogP contribution is -2.22. The summed E-state index contributed by atoms with van der Waals surface area (Å²) in [6.45, 7) is 1.10. The average molecular weight is 225 g/mol. The first-order valence-corrected chi connectivity index (χ1v) is 4.60. The summed E-state index contributed by atoms with van der Waals surface area (Å²) >= 11 is 0. The van der Waals surface area contributed by atoms with Gasteiger partial charge in [0, 0.05) is 12.6 Å². The molecule has 86 valence electrons. The molecule has 6 heteroatoms. The SMILES string of the molecule is CC(=O)Nc1ccc(F)c(NC(=O)CN)c1. The summed E-state index contributed by atoms with van der Waals surface area (Å²) < 4.78 is 13.2. The van der Waals surface area contributed by atoms with Gasteiger partial charge >= 0.3 is 0 Å². The van der Waals surface area contributed by atoms with E-state index < -0.39 is 11.7 Å². The van der Waals surface area contributed by atoms with E-state index in [-0.39, 0.29) is 18.1 Å². The minimum absolute atomic E-state index is 0.0123. The molecule has 0 fully saturated rings. The van der Waals surface area contributed by atoms with Crippen LogP contribution in [0.5, 0.6) is 0 Å². The third-order valence-electron chi connectivity index (χ3n) is 1.75. The molecule has 16 heavy (non-hydrogen) atoms. The zero-order chi connectivity index (χ0) is 12.1. The number of nitrogens with one attached hydrogen (secondary N) is 2. The number of hydrogen-bond acceptors (Lipinski definition) is 3. The highest BCUT2D eigenvalue weighted by Crippen LogP contribution is 2.19. The Morgan fingerprint density at radius 3 is 2.62 bits per heavy atom. The van der Waals surface area contributed by atoms with Gasteiger partial charge < -0.3 is 16.4 Å². The van der Waals surface area contributed by atoms with Gasteiger partial charge in [0.1, 0.15) is 5.82 Å². The molecule has 0 radical (unpaired) electrons. The van der Waals surface area contributed by atoms with E-state index in [2.05, 4.69) is 10.6 Å². The Labute approximate surface area is 91.8 Å². The van der Waals surface area contributed by atoms with Gasteiger partial charge in [-0.25, -0.2) is 4.39 Å². The number of rotatable bonds is 3. The van der Waals surface area contributed by atoms with Crippen molar-refractivity contribution in [3.05, 3.63) is 24.0 Å². The smallest absolute Gasteiger partial charge is 0.238 e. The van der Waals surface area contributed by atoms with E-state index in [1.807, 2.05) is 0 Å². The normalized spacial score (nSPS) is 9.69. The maximum Gasteiger partial charge on any atom is 0.238 e. The Balaban J connectivity index is 2.90. The lowest BCUT2D eigenvalue weighted by Gasteiger charge is -2.08. The molecule has 1 aromatic rings. The topological polar surface area (TPSA) is 84.2 Å². The largest absolute Gasteiger partial charge is 0.326 e. The monoisotopic (exact) mass is 225 g/mol. The number of nitrogens with two attached hydrogens (primary N) is 1. The van der Waals surface area contributed by atoms with Crippen molar-refractivity contribution in [3.8, 4) is 0 Å². The molecular weight excluding hydrogens is 213 g/mol. The Hall–Kier alpha value is -1.95. The molecule has 0 aliphatic rings. The maximum absolute atomic E-state index is 13.2. The molecule has 0 saturated carbocycles. The molecule has 0 atom stereocenters. The molecule has 0 aliphatic carbocycles. The fraction of sp³-hybridized carbons (Fsp3) is 0.200. The van der Waals surface area contributed by atoms with Crippen LogP contribution in [0.1, 0.15) is 6.92 Å². The summed E-state index contributed by atoms with van der Waals surface area (Å²) in [7, 11) is 0. The van der Waals surface area contributed by atoms with Crippen LogP contribution in [0.15, 0.2) is 18.2 Å². The number of benzene rings is 1. The highest BCUT2D eigenvalue weighted by atomic mass is 19.1. The lowest BCUT2D eigenvalue weighted by molar-refractivity contribution is -0.115. The molecule has 4 N–H and O–H groups in total. The molecule has 1 rings (SSSR count). The molecular formula is C10H12FN3O2. The molecule has 0 unspecified atom stereocenters. The summed E-state index contributed by atoms with van der Waals surface area (Å²) in [5.74, 6) is -1.36. The quantitative estimate of drug-likeness (QED) is 0.707. The zero-order valence-corrected chi connectivity index (χ0v) is 8.71. The lowest BCUT2D eigenvalue weighted by atomic mass is 10.2. The number of hydrogen-bond donors (Lipinski definition) is 3. The Bertz CT molecular complexity index is 421. The van der Waals surface area contributed by atoms with Gasteiger partial charge in [-0.1, -0.05) is 0 Å². The number of halogens is 1. The summed E-state index contributed by atoms with van der Waals surface area (Å²) in [6.07, 6.45) is 0. The van der Waals surface area contributed by atoms with Crippen molar-refractivity contribution in [2.75, 3.05) is 17.2 Å². The van der Waals surface area contributed by atoms with Gasteiger partial charge in [0.25, 0.3) is 0 Å². The number of anilines is 2. The molecule has 0 saturated heterocycles. The maximum atomic E-state index is 13.2. The Morgan fingerprint density at radius 1 is 1.38 bits per heavy atom. The highest BCUT2D eigenvalue weighted by Gasteiger charge is 2.07. The summed E-state index contributed by atoms with van der Waals surface area (Å²) in [5, 5.41) is 4.76.